The SMILES string of the molecule is CC(=Cc1ccc2cc(N(c3ccccc3)c3ccc4ccccc4c3)ccc2c1)OCc1cc(-c2ccccc2)ccc1C. The van der Waals surface area contributed by atoms with Gasteiger partial charge >= 0.3 is 0 Å². The van der Waals surface area contributed by atoms with E-state index >= 15 is 0 Å². The Morgan fingerprint density at radius 3 is 1.89 bits per heavy atom. The topological polar surface area (TPSA) is 12.5 Å². The lowest BCUT2D eigenvalue weighted by Crippen LogP contribution is -2.09. The molecule has 0 heterocycles. The number of para-hydroxylation sites is 1. The summed E-state index contributed by atoms with van der Waals surface area (Å²) in [6, 6.07) is 56.1. The molecule has 0 fully saturated rings. The minimum absolute atomic E-state index is 0.538. The van der Waals surface area contributed by atoms with Gasteiger partial charge in [0.05, 0.1) is 5.76 Å². The van der Waals surface area contributed by atoms with Gasteiger partial charge in [-0.25, -0.2) is 0 Å². The molecule has 0 aliphatic carbocycles. The molecular weight excluding hydrogens is 546 g/mol. The maximum atomic E-state index is 6.25. The molecule has 0 aromatic heterocycles. The van der Waals surface area contributed by atoms with E-state index in [1.165, 1.54) is 43.8 Å². The highest BCUT2D eigenvalue weighted by atomic mass is 16.5. The van der Waals surface area contributed by atoms with Gasteiger partial charge < -0.3 is 9.64 Å². The molecule has 7 rings (SSSR count). The first-order valence-corrected chi connectivity index (χ1v) is 15.4. The van der Waals surface area contributed by atoms with E-state index in [9.17, 15) is 0 Å². The zero-order valence-electron chi connectivity index (χ0n) is 25.7. The van der Waals surface area contributed by atoms with Crippen molar-refractivity contribution in [3.05, 3.63) is 180 Å². The summed E-state index contributed by atoms with van der Waals surface area (Å²) in [5, 5.41) is 4.85. The van der Waals surface area contributed by atoms with Gasteiger partial charge in [-0.3, -0.25) is 0 Å². The molecule has 0 radical (unpaired) electrons. The number of fused-ring (bicyclic) bond motifs is 2. The van der Waals surface area contributed by atoms with Gasteiger partial charge in [-0.15, -0.1) is 0 Å². The third-order valence-corrected chi connectivity index (χ3v) is 8.39. The fraction of sp³-hybridized carbons (Fsp3) is 0.0698. The largest absolute Gasteiger partial charge is 0.494 e. The van der Waals surface area contributed by atoms with Crippen molar-refractivity contribution in [2.45, 2.75) is 20.5 Å². The monoisotopic (exact) mass is 581 g/mol. The van der Waals surface area contributed by atoms with Crippen molar-refractivity contribution < 1.29 is 4.74 Å². The van der Waals surface area contributed by atoms with E-state index in [1.54, 1.807) is 0 Å². The Morgan fingerprint density at radius 2 is 1.13 bits per heavy atom. The van der Waals surface area contributed by atoms with E-state index in [1.807, 2.05) is 13.0 Å². The Balaban J connectivity index is 1.14. The molecule has 2 heteroatoms. The molecule has 7 aromatic rings. The van der Waals surface area contributed by atoms with Crippen molar-refractivity contribution >= 4 is 44.7 Å². The molecule has 0 bridgehead atoms. The third kappa shape index (κ3) is 6.23. The molecule has 0 aliphatic heterocycles. The number of ether oxygens (including phenoxy) is 1. The van der Waals surface area contributed by atoms with Crippen molar-refractivity contribution in [3.8, 4) is 11.1 Å². The van der Waals surface area contributed by atoms with Crippen LogP contribution in [0.25, 0.3) is 38.7 Å². The van der Waals surface area contributed by atoms with Gasteiger partial charge in [-0.1, -0.05) is 109 Å². The van der Waals surface area contributed by atoms with Crippen molar-refractivity contribution in [3.63, 3.8) is 0 Å². The van der Waals surface area contributed by atoms with Crippen LogP contribution in [0, 0.1) is 6.92 Å². The highest BCUT2D eigenvalue weighted by Gasteiger charge is 2.13. The third-order valence-electron chi connectivity index (χ3n) is 8.39. The van der Waals surface area contributed by atoms with Crippen molar-refractivity contribution in [2.75, 3.05) is 4.90 Å². The number of benzene rings is 7. The predicted molar refractivity (Wildman–Crippen MR) is 191 cm³/mol. The quantitative estimate of drug-likeness (QED) is 0.166. The molecule has 0 saturated carbocycles. The average molecular weight is 582 g/mol. The number of hydrogen-bond acceptors (Lipinski definition) is 2. The van der Waals surface area contributed by atoms with Crippen LogP contribution in [0.2, 0.25) is 0 Å². The van der Waals surface area contributed by atoms with Crippen LogP contribution in [0.5, 0.6) is 0 Å². The molecule has 0 saturated heterocycles. The lowest BCUT2D eigenvalue weighted by Gasteiger charge is -2.26. The van der Waals surface area contributed by atoms with Gasteiger partial charge in [-0.05, 0) is 118 Å². The minimum Gasteiger partial charge on any atom is -0.494 e. The smallest absolute Gasteiger partial charge is 0.113 e. The highest BCUT2D eigenvalue weighted by Crippen LogP contribution is 2.37. The highest BCUT2D eigenvalue weighted by molar-refractivity contribution is 5.93. The van der Waals surface area contributed by atoms with Crippen LogP contribution >= 0.6 is 0 Å². The molecule has 0 atom stereocenters. The zero-order chi connectivity index (χ0) is 30.6. The summed E-state index contributed by atoms with van der Waals surface area (Å²) < 4.78 is 6.25. The van der Waals surface area contributed by atoms with E-state index in [2.05, 4.69) is 170 Å². The minimum atomic E-state index is 0.538. The summed E-state index contributed by atoms with van der Waals surface area (Å²) in [6.45, 7) is 4.71. The second kappa shape index (κ2) is 12.6. The van der Waals surface area contributed by atoms with Gasteiger partial charge in [0, 0.05) is 17.1 Å². The van der Waals surface area contributed by atoms with Crippen molar-refractivity contribution in [2.24, 2.45) is 0 Å². The molecule has 45 heavy (non-hydrogen) atoms. The summed E-state index contributed by atoms with van der Waals surface area (Å²) in [5.74, 6) is 0.891. The average Bonchev–Trinajstić information content (AvgIpc) is 3.09. The van der Waals surface area contributed by atoms with Crippen molar-refractivity contribution in [1.82, 2.24) is 0 Å². The lowest BCUT2D eigenvalue weighted by molar-refractivity contribution is 0.203. The van der Waals surface area contributed by atoms with E-state index in [0.29, 0.717) is 6.61 Å². The fourth-order valence-electron chi connectivity index (χ4n) is 5.93. The maximum absolute atomic E-state index is 6.25. The van der Waals surface area contributed by atoms with E-state index < -0.39 is 0 Å². The molecule has 0 amide bonds. The second-order valence-corrected chi connectivity index (χ2v) is 11.5. The molecule has 2 nitrogen and oxygen atoms in total. The van der Waals surface area contributed by atoms with Crippen molar-refractivity contribution in [1.29, 1.82) is 0 Å². The molecule has 0 N–H and O–H groups in total. The molecule has 0 aliphatic rings. The zero-order valence-corrected chi connectivity index (χ0v) is 25.7. The van der Waals surface area contributed by atoms with E-state index in [4.69, 9.17) is 4.74 Å². The number of aryl methyl sites for hydroxylation is 1. The first-order valence-electron chi connectivity index (χ1n) is 15.4. The summed E-state index contributed by atoms with van der Waals surface area (Å²) in [4.78, 5) is 2.33. The Labute approximate surface area is 265 Å². The van der Waals surface area contributed by atoms with Crippen LogP contribution in [0.15, 0.2) is 163 Å². The normalized spacial score (nSPS) is 11.6. The summed E-state index contributed by atoms with van der Waals surface area (Å²) in [7, 11) is 0. The summed E-state index contributed by atoms with van der Waals surface area (Å²) >= 11 is 0. The first-order chi connectivity index (χ1) is 22.1. The molecule has 0 spiro atoms. The fourth-order valence-corrected chi connectivity index (χ4v) is 5.93. The predicted octanol–water partition coefficient (Wildman–Crippen LogP) is 12.0. The first kappa shape index (κ1) is 28.2. The number of allylic oxidation sites excluding steroid dienone is 1. The Bertz CT molecular complexity index is 2130. The summed E-state index contributed by atoms with van der Waals surface area (Å²) in [6.07, 6.45) is 2.12. The Morgan fingerprint density at radius 1 is 0.533 bits per heavy atom. The number of anilines is 3. The number of hydrogen-bond donors (Lipinski definition) is 0. The van der Waals surface area contributed by atoms with Gasteiger partial charge in [0.2, 0.25) is 0 Å². The van der Waals surface area contributed by atoms with Crippen LogP contribution in [-0.2, 0) is 11.3 Å². The van der Waals surface area contributed by atoms with Gasteiger partial charge in [0.25, 0.3) is 0 Å². The van der Waals surface area contributed by atoms with E-state index in [0.717, 1.165) is 28.4 Å². The Kier molecular flexibility index (Phi) is 7.87. The van der Waals surface area contributed by atoms with Crippen LogP contribution in [-0.4, -0.2) is 0 Å². The molecule has 0 unspecified atom stereocenters. The molecule has 7 aromatic carbocycles. The van der Waals surface area contributed by atoms with Crippen LogP contribution < -0.4 is 4.90 Å². The molecule has 218 valence electrons. The van der Waals surface area contributed by atoms with E-state index in [-0.39, 0.29) is 0 Å². The lowest BCUT2D eigenvalue weighted by atomic mass is 10.0. The van der Waals surface area contributed by atoms with Crippen LogP contribution in [0.4, 0.5) is 17.1 Å². The van der Waals surface area contributed by atoms with Gasteiger partial charge in [0.1, 0.15) is 6.61 Å². The van der Waals surface area contributed by atoms with Crippen LogP contribution in [0.3, 0.4) is 0 Å². The number of rotatable bonds is 8. The molecular formula is C43H35NO. The van der Waals surface area contributed by atoms with Gasteiger partial charge in [0.15, 0.2) is 0 Å². The second-order valence-electron chi connectivity index (χ2n) is 11.5. The standard InChI is InChI=1S/C43H35NO/c1-31-17-19-38(34-11-5-3-6-12-34)27-40(31)30-45-32(2)25-33-18-20-39-29-43(24-22-37(39)26-33)44(41-15-7-4-8-16-41)42-23-21-35-13-9-10-14-36(35)28-42/h3-29H,30H2,1-2H3. The Hall–Kier alpha value is -5.60. The maximum Gasteiger partial charge on any atom is 0.113 e. The van der Waals surface area contributed by atoms with Crippen LogP contribution in [0.1, 0.15) is 23.6 Å². The van der Waals surface area contributed by atoms with Gasteiger partial charge in [-0.2, -0.15) is 0 Å². The summed E-state index contributed by atoms with van der Waals surface area (Å²) in [5.41, 5.74) is 9.37. The number of nitrogens with zero attached hydrogens (tertiary/aromatic N) is 1.